The summed E-state index contributed by atoms with van der Waals surface area (Å²) >= 11 is 29.0. The number of benzene rings is 1. The van der Waals surface area contributed by atoms with Gasteiger partial charge in [-0.3, -0.25) is 9.59 Å². The summed E-state index contributed by atoms with van der Waals surface area (Å²) in [6, 6.07) is 0. The molecule has 0 atom stereocenters. The van der Waals surface area contributed by atoms with Crippen molar-refractivity contribution >= 4 is 69.9 Å². The number of esters is 2. The van der Waals surface area contributed by atoms with E-state index in [4.69, 9.17) is 62.7 Å². The van der Waals surface area contributed by atoms with Crippen molar-refractivity contribution in [3.05, 3.63) is 25.1 Å². The van der Waals surface area contributed by atoms with E-state index in [1.54, 1.807) is 0 Å². The van der Waals surface area contributed by atoms with Gasteiger partial charge in [-0.05, 0) is 6.42 Å². The summed E-state index contributed by atoms with van der Waals surface area (Å²) in [6.45, 7) is -2.61. The molecule has 0 heterocycles. The van der Waals surface area contributed by atoms with Crippen molar-refractivity contribution in [2.45, 2.75) is 43.5 Å². The average Bonchev–Trinajstić information content (AvgIpc) is 2.72. The smallest absolute Gasteiger partial charge is 0.381 e. The maximum Gasteiger partial charge on any atom is 0.381 e. The van der Waals surface area contributed by atoms with Crippen LogP contribution in [0, 0.1) is 0 Å². The lowest BCUT2D eigenvalue weighted by Crippen LogP contribution is -2.59. The SMILES string of the molecule is O=C(CCCC(=O)Oc1c(Cl)c(Cl)c(Cl)c(Cl)c1Cl)OCC(F)(F)C(F)(F)C(F)(F)C(F)F. The third-order valence-electron chi connectivity index (χ3n) is 3.71. The van der Waals surface area contributed by atoms with Gasteiger partial charge in [0.2, 0.25) is 0 Å². The first-order chi connectivity index (χ1) is 14.9. The largest absolute Gasteiger partial charge is 0.459 e. The number of ether oxygens (including phenoxy) is 2. The molecule has 0 amide bonds. The second-order valence-corrected chi connectivity index (χ2v) is 7.98. The third-order valence-corrected chi connectivity index (χ3v) is 5.96. The van der Waals surface area contributed by atoms with E-state index in [1.165, 1.54) is 0 Å². The molecule has 0 unspecified atom stereocenters. The maximum atomic E-state index is 13.3. The number of halogens is 13. The van der Waals surface area contributed by atoms with Crippen LogP contribution in [0.5, 0.6) is 5.75 Å². The van der Waals surface area contributed by atoms with E-state index >= 15 is 0 Å². The number of rotatable bonds is 10. The standard InChI is InChI=1S/C16H9Cl5F8O4/c17-7-8(18)10(20)12(11(21)9(7)19)33-6(31)3-1-2-5(30)32-4-14(24,25)16(28,29)15(26,27)13(22)23/h13H,1-4H2. The number of hydrogen-bond donors (Lipinski definition) is 0. The minimum absolute atomic E-state index is 0.232. The van der Waals surface area contributed by atoms with Gasteiger partial charge in [-0.2, -0.15) is 26.3 Å². The van der Waals surface area contributed by atoms with E-state index in [0.717, 1.165) is 0 Å². The van der Waals surface area contributed by atoms with Crippen LogP contribution < -0.4 is 4.74 Å². The molecule has 1 rings (SSSR count). The molecule has 17 heteroatoms. The van der Waals surface area contributed by atoms with Crippen LogP contribution >= 0.6 is 58.0 Å². The zero-order chi connectivity index (χ0) is 25.9. The molecule has 0 radical (unpaired) electrons. The van der Waals surface area contributed by atoms with Gasteiger partial charge in [-0.1, -0.05) is 58.0 Å². The molecule has 1 aromatic carbocycles. The predicted octanol–water partition coefficient (Wildman–Crippen LogP) is 7.74. The van der Waals surface area contributed by atoms with Crippen LogP contribution in [0.25, 0.3) is 0 Å². The molecule has 0 saturated carbocycles. The van der Waals surface area contributed by atoms with Crippen molar-refractivity contribution in [2.75, 3.05) is 6.61 Å². The fourth-order valence-electron chi connectivity index (χ4n) is 1.93. The van der Waals surface area contributed by atoms with Crippen molar-refractivity contribution in [1.82, 2.24) is 0 Å². The van der Waals surface area contributed by atoms with Crippen molar-refractivity contribution in [1.29, 1.82) is 0 Å². The zero-order valence-electron chi connectivity index (χ0n) is 15.5. The normalized spacial score (nSPS) is 12.8. The van der Waals surface area contributed by atoms with E-state index in [1.807, 2.05) is 0 Å². The van der Waals surface area contributed by atoms with Crippen LogP contribution in [0.4, 0.5) is 35.1 Å². The second-order valence-electron chi connectivity index (χ2n) is 6.09. The molecule has 0 N–H and O–H groups in total. The Labute approximate surface area is 204 Å². The van der Waals surface area contributed by atoms with E-state index in [0.29, 0.717) is 0 Å². The molecule has 0 aliphatic rings. The third kappa shape index (κ3) is 6.59. The molecule has 0 saturated heterocycles. The van der Waals surface area contributed by atoms with Gasteiger partial charge in [0.05, 0.1) is 15.1 Å². The van der Waals surface area contributed by atoms with E-state index in [2.05, 4.69) is 4.74 Å². The maximum absolute atomic E-state index is 13.3. The molecule has 0 aliphatic heterocycles. The highest BCUT2D eigenvalue weighted by Gasteiger charge is 2.75. The Balaban J connectivity index is 2.64. The van der Waals surface area contributed by atoms with Crippen LogP contribution in [0.15, 0.2) is 0 Å². The lowest BCUT2D eigenvalue weighted by atomic mass is 10.1. The Hall–Kier alpha value is -0.950. The van der Waals surface area contributed by atoms with E-state index in [-0.39, 0.29) is 25.1 Å². The lowest BCUT2D eigenvalue weighted by molar-refractivity contribution is -0.344. The molecule has 4 nitrogen and oxygen atoms in total. The van der Waals surface area contributed by atoms with Crippen molar-refractivity contribution in [3.8, 4) is 5.75 Å². The highest BCUT2D eigenvalue weighted by atomic mass is 35.5. The first kappa shape index (κ1) is 30.1. The summed E-state index contributed by atoms with van der Waals surface area (Å²) in [7, 11) is 0. The fraction of sp³-hybridized carbons (Fsp3) is 0.500. The first-order valence-electron chi connectivity index (χ1n) is 8.17. The molecule has 188 valence electrons. The highest BCUT2D eigenvalue weighted by Crippen LogP contribution is 2.49. The topological polar surface area (TPSA) is 52.6 Å². The number of hydrogen-bond acceptors (Lipinski definition) is 4. The summed E-state index contributed by atoms with van der Waals surface area (Å²) in [5.41, 5.74) is 0. The molecular formula is C16H9Cl5F8O4. The predicted molar refractivity (Wildman–Crippen MR) is 103 cm³/mol. The van der Waals surface area contributed by atoms with Gasteiger partial charge in [0, 0.05) is 12.8 Å². The Morgan fingerprint density at radius 3 is 1.64 bits per heavy atom. The van der Waals surface area contributed by atoms with Crippen molar-refractivity contribution in [2.24, 2.45) is 0 Å². The summed E-state index contributed by atoms with van der Waals surface area (Å²) in [6.07, 6.45) is -7.01. The molecule has 1 aromatic rings. The van der Waals surface area contributed by atoms with Gasteiger partial charge in [0.15, 0.2) is 12.4 Å². The minimum atomic E-state index is -6.52. The van der Waals surface area contributed by atoms with Crippen LogP contribution in [0.3, 0.4) is 0 Å². The summed E-state index contributed by atoms with van der Waals surface area (Å²) in [5.74, 6) is -21.9. The van der Waals surface area contributed by atoms with Crippen molar-refractivity contribution < 1.29 is 54.2 Å². The molecule has 33 heavy (non-hydrogen) atoms. The quantitative estimate of drug-likeness (QED) is 0.0915. The zero-order valence-corrected chi connectivity index (χ0v) is 19.2. The second kappa shape index (κ2) is 11.2. The van der Waals surface area contributed by atoms with Crippen LogP contribution in [-0.2, 0) is 14.3 Å². The summed E-state index contributed by atoms with van der Waals surface area (Å²) in [5, 5.41) is -1.59. The molecule has 0 fully saturated rings. The van der Waals surface area contributed by atoms with Crippen LogP contribution in [0.1, 0.15) is 19.3 Å². The Kier molecular flexibility index (Phi) is 10.2. The Bertz CT molecular complexity index is 884. The number of carbonyl (C=O) groups is 2. The van der Waals surface area contributed by atoms with E-state index in [9.17, 15) is 44.7 Å². The molecule has 0 aliphatic carbocycles. The van der Waals surface area contributed by atoms with Crippen LogP contribution in [0.2, 0.25) is 25.1 Å². The Morgan fingerprint density at radius 1 is 0.758 bits per heavy atom. The van der Waals surface area contributed by atoms with Gasteiger partial charge < -0.3 is 9.47 Å². The van der Waals surface area contributed by atoms with Gasteiger partial charge in [0.25, 0.3) is 0 Å². The fourth-order valence-corrected chi connectivity index (χ4v) is 3.13. The first-order valence-corrected chi connectivity index (χ1v) is 10.1. The monoisotopic (exact) mass is 592 g/mol. The molecule has 0 aromatic heterocycles. The number of carbonyl (C=O) groups excluding carboxylic acids is 2. The molecular weight excluding hydrogens is 585 g/mol. The van der Waals surface area contributed by atoms with Gasteiger partial charge in [-0.15, -0.1) is 0 Å². The van der Waals surface area contributed by atoms with Gasteiger partial charge in [0.1, 0.15) is 10.0 Å². The summed E-state index contributed by atoms with van der Waals surface area (Å²) in [4.78, 5) is 23.2. The van der Waals surface area contributed by atoms with Crippen LogP contribution in [-0.4, -0.2) is 42.7 Å². The minimum Gasteiger partial charge on any atom is -0.459 e. The Morgan fingerprint density at radius 2 is 1.18 bits per heavy atom. The van der Waals surface area contributed by atoms with Gasteiger partial charge >= 0.3 is 36.1 Å². The highest BCUT2D eigenvalue weighted by molar-refractivity contribution is 6.55. The lowest BCUT2D eigenvalue weighted by Gasteiger charge is -2.31. The van der Waals surface area contributed by atoms with Gasteiger partial charge in [-0.25, -0.2) is 8.78 Å². The van der Waals surface area contributed by atoms with Crippen molar-refractivity contribution in [3.63, 3.8) is 0 Å². The molecule has 0 spiro atoms. The molecule has 0 bridgehead atoms. The summed E-state index contributed by atoms with van der Waals surface area (Å²) < 4.78 is 111. The number of alkyl halides is 8. The van der Waals surface area contributed by atoms with E-state index < -0.39 is 67.8 Å². The average molecular weight is 594 g/mol.